The van der Waals surface area contributed by atoms with Gasteiger partial charge in [-0.15, -0.1) is 0 Å². The van der Waals surface area contributed by atoms with Crippen molar-refractivity contribution in [3.63, 3.8) is 0 Å². The van der Waals surface area contributed by atoms with Crippen molar-refractivity contribution < 1.29 is 9.53 Å². The molecule has 3 aromatic rings. The average molecular weight is 356 g/mol. The Balaban J connectivity index is 1.98. The predicted molar refractivity (Wildman–Crippen MR) is 95.6 cm³/mol. The van der Waals surface area contributed by atoms with Gasteiger partial charge in [0.25, 0.3) is 6.23 Å². The van der Waals surface area contributed by atoms with E-state index < -0.39 is 11.6 Å². The van der Waals surface area contributed by atoms with Gasteiger partial charge < -0.3 is 4.74 Å². The van der Waals surface area contributed by atoms with E-state index in [1.54, 1.807) is 18.2 Å². The maximum absolute atomic E-state index is 13.3. The summed E-state index contributed by atoms with van der Waals surface area (Å²) in [5.41, 5.74) is -0.132. The van der Waals surface area contributed by atoms with Crippen LogP contribution in [-0.4, -0.2) is 20.5 Å². The molecule has 0 spiro atoms. The fraction of sp³-hybridized carbons (Fsp3) is 0.211. The number of para-hydroxylation sites is 1. The van der Waals surface area contributed by atoms with Crippen LogP contribution in [0.1, 0.15) is 25.6 Å². The van der Waals surface area contributed by atoms with Crippen LogP contribution in [0.4, 0.5) is 0 Å². The molecule has 1 heterocycles. The van der Waals surface area contributed by atoms with Crippen molar-refractivity contribution >= 4 is 17.4 Å². The molecule has 1 atom stereocenters. The SMILES string of the molecule is CC(C)(C(=O)C(Oc1ccccc1)n1cncn1)c1ccccc1Cl. The number of aromatic nitrogens is 3. The molecular formula is C19H18ClN3O2. The normalized spacial score (nSPS) is 12.6. The van der Waals surface area contributed by atoms with Gasteiger partial charge in [-0.1, -0.05) is 48.0 Å². The first-order chi connectivity index (χ1) is 12.0. The van der Waals surface area contributed by atoms with Gasteiger partial charge in [0.1, 0.15) is 18.4 Å². The zero-order chi connectivity index (χ0) is 17.9. The first-order valence-corrected chi connectivity index (χ1v) is 8.23. The highest BCUT2D eigenvalue weighted by Crippen LogP contribution is 2.34. The molecule has 0 radical (unpaired) electrons. The highest BCUT2D eigenvalue weighted by molar-refractivity contribution is 6.31. The molecule has 0 aliphatic heterocycles. The summed E-state index contributed by atoms with van der Waals surface area (Å²) in [4.78, 5) is 17.3. The molecular weight excluding hydrogens is 338 g/mol. The monoisotopic (exact) mass is 355 g/mol. The number of rotatable bonds is 6. The Bertz CT molecular complexity index is 848. The Hall–Kier alpha value is -2.66. The third kappa shape index (κ3) is 3.56. The molecule has 0 bridgehead atoms. The maximum atomic E-state index is 13.3. The molecule has 0 fully saturated rings. The van der Waals surface area contributed by atoms with E-state index in [1.165, 1.54) is 17.3 Å². The Morgan fingerprint density at radius 3 is 2.44 bits per heavy atom. The molecule has 3 rings (SSSR count). The quantitative estimate of drug-likeness (QED) is 0.669. The first kappa shape index (κ1) is 17.2. The molecule has 1 unspecified atom stereocenters. The molecule has 128 valence electrons. The van der Waals surface area contributed by atoms with Crippen LogP contribution in [0.2, 0.25) is 5.02 Å². The molecule has 0 amide bonds. The summed E-state index contributed by atoms with van der Waals surface area (Å²) < 4.78 is 7.35. The van der Waals surface area contributed by atoms with Crippen LogP contribution < -0.4 is 4.74 Å². The van der Waals surface area contributed by atoms with Crippen LogP contribution in [0.3, 0.4) is 0 Å². The fourth-order valence-corrected chi connectivity index (χ4v) is 2.98. The van der Waals surface area contributed by atoms with Crippen LogP contribution in [-0.2, 0) is 10.2 Å². The summed E-state index contributed by atoms with van der Waals surface area (Å²) in [5.74, 6) is 0.404. The minimum Gasteiger partial charge on any atom is -0.461 e. The summed E-state index contributed by atoms with van der Waals surface area (Å²) in [7, 11) is 0. The van der Waals surface area contributed by atoms with E-state index in [-0.39, 0.29) is 5.78 Å². The van der Waals surface area contributed by atoms with Crippen molar-refractivity contribution in [2.24, 2.45) is 0 Å². The molecule has 0 N–H and O–H groups in total. The number of ether oxygens (including phenoxy) is 1. The average Bonchev–Trinajstić information content (AvgIpc) is 3.14. The van der Waals surface area contributed by atoms with Crippen LogP contribution in [0, 0.1) is 0 Å². The van der Waals surface area contributed by atoms with E-state index in [1.807, 2.05) is 50.2 Å². The third-order valence-electron chi connectivity index (χ3n) is 4.06. The number of nitrogens with zero attached hydrogens (tertiary/aromatic N) is 3. The summed E-state index contributed by atoms with van der Waals surface area (Å²) in [5, 5.41) is 4.63. The predicted octanol–water partition coefficient (Wildman–Crippen LogP) is 4.06. The number of ketones is 1. The van der Waals surface area contributed by atoms with Gasteiger partial charge in [0, 0.05) is 5.02 Å². The molecule has 5 nitrogen and oxygen atoms in total. The van der Waals surface area contributed by atoms with Crippen LogP contribution >= 0.6 is 11.6 Å². The highest BCUT2D eigenvalue weighted by Gasteiger charge is 2.39. The minimum absolute atomic E-state index is 0.171. The molecule has 0 aliphatic carbocycles. The number of halogens is 1. The maximum Gasteiger partial charge on any atom is 0.252 e. The topological polar surface area (TPSA) is 57.0 Å². The van der Waals surface area contributed by atoms with E-state index in [2.05, 4.69) is 10.1 Å². The van der Waals surface area contributed by atoms with Crippen molar-refractivity contribution in [1.29, 1.82) is 0 Å². The smallest absolute Gasteiger partial charge is 0.252 e. The van der Waals surface area contributed by atoms with Crippen LogP contribution in [0.5, 0.6) is 5.75 Å². The summed E-state index contributed by atoms with van der Waals surface area (Å²) >= 11 is 6.31. The van der Waals surface area contributed by atoms with E-state index >= 15 is 0 Å². The van der Waals surface area contributed by atoms with E-state index in [0.717, 1.165) is 5.56 Å². The second-order valence-electron chi connectivity index (χ2n) is 6.13. The van der Waals surface area contributed by atoms with Crippen molar-refractivity contribution in [2.75, 3.05) is 0 Å². The molecule has 2 aromatic carbocycles. The first-order valence-electron chi connectivity index (χ1n) is 7.85. The van der Waals surface area contributed by atoms with Crippen molar-refractivity contribution in [3.05, 3.63) is 77.8 Å². The van der Waals surface area contributed by atoms with Gasteiger partial charge >= 0.3 is 0 Å². The number of carbonyl (C=O) groups excluding carboxylic acids is 1. The lowest BCUT2D eigenvalue weighted by molar-refractivity contribution is -0.135. The largest absolute Gasteiger partial charge is 0.461 e. The fourth-order valence-electron chi connectivity index (χ4n) is 2.60. The zero-order valence-electron chi connectivity index (χ0n) is 14.0. The highest BCUT2D eigenvalue weighted by atomic mass is 35.5. The van der Waals surface area contributed by atoms with Gasteiger partial charge in [0.05, 0.1) is 5.41 Å². The number of benzene rings is 2. The summed E-state index contributed by atoms with van der Waals surface area (Å²) in [6, 6.07) is 16.5. The van der Waals surface area contributed by atoms with Crippen LogP contribution in [0.15, 0.2) is 67.3 Å². The van der Waals surface area contributed by atoms with E-state index in [9.17, 15) is 4.79 Å². The Morgan fingerprint density at radius 1 is 1.12 bits per heavy atom. The Kier molecular flexibility index (Phi) is 4.86. The lowest BCUT2D eigenvalue weighted by Gasteiger charge is -2.29. The standard InChI is InChI=1S/C19H18ClN3O2/c1-19(2,15-10-6-7-11-16(15)20)17(24)18(23-13-21-12-22-23)25-14-8-4-3-5-9-14/h3-13,18H,1-2H3. The summed E-state index contributed by atoms with van der Waals surface area (Å²) in [6.07, 6.45) is 1.89. The Labute approximate surface area is 151 Å². The van der Waals surface area contributed by atoms with Crippen molar-refractivity contribution in [1.82, 2.24) is 14.8 Å². The van der Waals surface area contributed by atoms with Crippen molar-refractivity contribution in [2.45, 2.75) is 25.5 Å². The summed E-state index contributed by atoms with van der Waals surface area (Å²) in [6.45, 7) is 3.66. The van der Waals surface area contributed by atoms with Gasteiger partial charge in [-0.2, -0.15) is 5.10 Å². The molecule has 1 aromatic heterocycles. The third-order valence-corrected chi connectivity index (χ3v) is 4.38. The van der Waals surface area contributed by atoms with Gasteiger partial charge in [-0.3, -0.25) is 4.79 Å². The number of hydrogen-bond acceptors (Lipinski definition) is 4. The number of Topliss-reactive ketones (excluding diaryl/α,β-unsaturated/α-hetero) is 1. The van der Waals surface area contributed by atoms with Gasteiger partial charge in [-0.05, 0) is 37.6 Å². The number of hydrogen-bond donors (Lipinski definition) is 0. The molecule has 0 aliphatic rings. The molecule has 25 heavy (non-hydrogen) atoms. The second-order valence-corrected chi connectivity index (χ2v) is 6.54. The second kappa shape index (κ2) is 7.07. The Morgan fingerprint density at radius 2 is 1.80 bits per heavy atom. The lowest BCUT2D eigenvalue weighted by atomic mass is 9.79. The van der Waals surface area contributed by atoms with Crippen LogP contribution in [0.25, 0.3) is 0 Å². The van der Waals surface area contributed by atoms with Gasteiger partial charge in [0.2, 0.25) is 5.78 Å². The van der Waals surface area contributed by atoms with E-state index in [4.69, 9.17) is 16.3 Å². The van der Waals surface area contributed by atoms with Crippen molar-refractivity contribution in [3.8, 4) is 5.75 Å². The molecule has 6 heteroatoms. The number of carbonyl (C=O) groups is 1. The lowest BCUT2D eigenvalue weighted by Crippen LogP contribution is -2.39. The molecule has 0 saturated heterocycles. The van der Waals surface area contributed by atoms with Gasteiger partial charge in [-0.25, -0.2) is 9.67 Å². The zero-order valence-corrected chi connectivity index (χ0v) is 14.7. The van der Waals surface area contributed by atoms with E-state index in [0.29, 0.717) is 10.8 Å². The van der Waals surface area contributed by atoms with Gasteiger partial charge in [0.15, 0.2) is 0 Å². The molecule has 0 saturated carbocycles. The minimum atomic E-state index is -0.948.